The van der Waals surface area contributed by atoms with E-state index in [1.54, 1.807) is 25.2 Å². The van der Waals surface area contributed by atoms with Gasteiger partial charge in [0, 0.05) is 32.1 Å². The lowest BCUT2D eigenvalue weighted by Crippen LogP contribution is -2.25. The number of aliphatic hydroxyl groups excluding tert-OH is 1. The second-order valence-corrected chi connectivity index (χ2v) is 7.57. The predicted molar refractivity (Wildman–Crippen MR) is 127 cm³/mol. The van der Waals surface area contributed by atoms with Crippen LogP contribution in [0.2, 0.25) is 0 Å². The molecule has 4 rings (SSSR count). The van der Waals surface area contributed by atoms with Crippen LogP contribution in [0.5, 0.6) is 5.75 Å². The van der Waals surface area contributed by atoms with Crippen molar-refractivity contribution < 1.29 is 24.2 Å². The molecule has 1 fully saturated rings. The number of nitrogens with one attached hydrogen (secondary N) is 1. The van der Waals surface area contributed by atoms with Crippen molar-refractivity contribution in [1.29, 1.82) is 0 Å². The van der Waals surface area contributed by atoms with Gasteiger partial charge in [-0.1, -0.05) is 26.7 Å². The Balaban J connectivity index is 0.000000343. The molecule has 2 atom stereocenters. The number of rotatable bonds is 2. The molecule has 2 aliphatic heterocycles. The minimum atomic E-state index is -0.767. The highest BCUT2D eigenvalue weighted by molar-refractivity contribution is 6.06. The molecule has 2 aliphatic rings. The van der Waals surface area contributed by atoms with Gasteiger partial charge in [-0.05, 0) is 24.6 Å². The van der Waals surface area contributed by atoms with Crippen LogP contribution < -0.4 is 15.8 Å². The Morgan fingerprint density at radius 3 is 2.50 bits per heavy atom. The van der Waals surface area contributed by atoms with Gasteiger partial charge < -0.3 is 25.8 Å². The van der Waals surface area contributed by atoms with E-state index in [1.165, 1.54) is 16.6 Å². The van der Waals surface area contributed by atoms with Crippen molar-refractivity contribution in [3.05, 3.63) is 40.7 Å². The van der Waals surface area contributed by atoms with E-state index in [0.717, 1.165) is 0 Å². The second-order valence-electron chi connectivity index (χ2n) is 7.57. The zero-order valence-electron chi connectivity index (χ0n) is 20.1. The molecule has 1 saturated heterocycles. The summed E-state index contributed by atoms with van der Waals surface area (Å²) in [4.78, 5) is 36.2. The average Bonchev–Trinajstić information content (AvgIpc) is 3.35. The van der Waals surface area contributed by atoms with E-state index in [4.69, 9.17) is 22.0 Å². The minimum Gasteiger partial charge on any atom is -0.491 e. The molecule has 0 spiro atoms. The Morgan fingerprint density at radius 2 is 2.03 bits per heavy atom. The van der Waals surface area contributed by atoms with Crippen molar-refractivity contribution in [1.82, 2.24) is 20.0 Å². The van der Waals surface area contributed by atoms with Gasteiger partial charge in [0.15, 0.2) is 5.69 Å². The fraction of sp³-hybridized carbons (Fsp3) is 0.417. The summed E-state index contributed by atoms with van der Waals surface area (Å²) in [7, 11) is 3.18. The number of carbonyl (C=O) groups excluding carboxylic acids is 3. The lowest BCUT2D eigenvalue weighted by Gasteiger charge is -2.11. The molecule has 4 N–H and O–H groups in total. The zero-order valence-corrected chi connectivity index (χ0v) is 20.1. The summed E-state index contributed by atoms with van der Waals surface area (Å²) >= 11 is 0. The van der Waals surface area contributed by atoms with E-state index in [1.807, 2.05) is 20.8 Å². The number of ether oxygens (including phenoxy) is 1. The van der Waals surface area contributed by atoms with Crippen LogP contribution in [-0.4, -0.2) is 70.9 Å². The molecule has 0 aliphatic carbocycles. The first-order valence-corrected chi connectivity index (χ1v) is 11.0. The number of carbonyl (C=O) groups is 3. The predicted octanol–water partition coefficient (Wildman–Crippen LogP) is 1.04. The third kappa shape index (κ3) is 5.21. The van der Waals surface area contributed by atoms with Crippen molar-refractivity contribution >= 4 is 17.7 Å². The molecule has 10 heteroatoms. The number of hydrogen-bond acceptors (Lipinski definition) is 6. The molecule has 3 amide bonds. The molecule has 182 valence electrons. The van der Waals surface area contributed by atoms with Gasteiger partial charge in [0.1, 0.15) is 17.5 Å². The van der Waals surface area contributed by atoms with Crippen molar-refractivity contribution in [3.63, 3.8) is 0 Å². The second kappa shape index (κ2) is 11.3. The number of terminal acetylenes is 1. The summed E-state index contributed by atoms with van der Waals surface area (Å²) in [6, 6.07) is 5.23. The lowest BCUT2D eigenvalue weighted by atomic mass is 10.0. The first-order chi connectivity index (χ1) is 16.2. The SMILES string of the molecule is C#Cc1ccc2c(c1)-n1nc(C(N)=O)c(C(=O)NC)c1C(C)CO2.CC.CN1CCC(O)C1=O. The number of benzene rings is 1. The van der Waals surface area contributed by atoms with Crippen LogP contribution in [0.15, 0.2) is 18.2 Å². The fourth-order valence-corrected chi connectivity index (χ4v) is 3.58. The number of nitrogens with zero attached hydrogens (tertiary/aromatic N) is 3. The van der Waals surface area contributed by atoms with Crippen LogP contribution in [0.1, 0.15) is 65.2 Å². The van der Waals surface area contributed by atoms with Gasteiger partial charge in [-0.15, -0.1) is 6.42 Å². The van der Waals surface area contributed by atoms with Gasteiger partial charge in [-0.3, -0.25) is 14.4 Å². The molecule has 34 heavy (non-hydrogen) atoms. The Labute approximate surface area is 199 Å². The number of likely N-dealkylation sites (tertiary alicyclic amines) is 1. The Bertz CT molecular complexity index is 1110. The number of amides is 3. The van der Waals surface area contributed by atoms with Crippen molar-refractivity contribution in [2.75, 3.05) is 27.2 Å². The number of likely N-dealkylation sites (N-methyl/N-ethyl adjacent to an activating group) is 1. The van der Waals surface area contributed by atoms with Crippen molar-refractivity contribution in [2.24, 2.45) is 5.73 Å². The highest BCUT2D eigenvalue weighted by atomic mass is 16.5. The van der Waals surface area contributed by atoms with Gasteiger partial charge in [0.2, 0.25) is 0 Å². The van der Waals surface area contributed by atoms with E-state index in [2.05, 4.69) is 16.3 Å². The largest absolute Gasteiger partial charge is 0.491 e. The van der Waals surface area contributed by atoms with E-state index in [0.29, 0.717) is 42.3 Å². The van der Waals surface area contributed by atoms with Gasteiger partial charge in [-0.2, -0.15) is 5.10 Å². The monoisotopic (exact) mass is 469 g/mol. The maximum Gasteiger partial charge on any atom is 0.270 e. The maximum absolute atomic E-state index is 12.3. The number of nitrogens with two attached hydrogens (primary N) is 1. The summed E-state index contributed by atoms with van der Waals surface area (Å²) in [6.45, 7) is 6.91. The summed E-state index contributed by atoms with van der Waals surface area (Å²) in [5.74, 6) is 1.60. The Morgan fingerprint density at radius 1 is 1.35 bits per heavy atom. The van der Waals surface area contributed by atoms with Crippen molar-refractivity contribution in [3.8, 4) is 23.8 Å². The van der Waals surface area contributed by atoms with Crippen LogP contribution in [0.25, 0.3) is 5.69 Å². The number of hydrogen-bond donors (Lipinski definition) is 3. The van der Waals surface area contributed by atoms with Crippen LogP contribution in [0, 0.1) is 12.3 Å². The molecule has 1 aromatic carbocycles. The smallest absolute Gasteiger partial charge is 0.270 e. The molecular formula is C24H31N5O5. The van der Waals surface area contributed by atoms with Crippen LogP contribution in [-0.2, 0) is 4.79 Å². The normalized spacial score (nSPS) is 17.9. The Hall–Kier alpha value is -3.84. The molecule has 0 bridgehead atoms. The molecule has 3 heterocycles. The first-order valence-electron chi connectivity index (χ1n) is 11.0. The van der Waals surface area contributed by atoms with Gasteiger partial charge in [-0.25, -0.2) is 4.68 Å². The summed E-state index contributed by atoms with van der Waals surface area (Å²) in [5.41, 5.74) is 7.29. The van der Waals surface area contributed by atoms with Gasteiger partial charge in [0.05, 0.1) is 17.9 Å². The summed E-state index contributed by atoms with van der Waals surface area (Å²) < 4.78 is 7.32. The number of aliphatic hydroxyl groups is 1. The molecular weight excluding hydrogens is 438 g/mol. The van der Waals surface area contributed by atoms with Crippen LogP contribution >= 0.6 is 0 Å². The number of fused-ring (bicyclic) bond motifs is 3. The molecule has 0 radical (unpaired) electrons. The first kappa shape index (κ1) is 26.4. The Kier molecular flexibility index (Phi) is 8.81. The molecule has 10 nitrogen and oxygen atoms in total. The number of primary amides is 1. The third-order valence-corrected chi connectivity index (χ3v) is 5.32. The molecule has 2 unspecified atom stereocenters. The molecule has 1 aromatic heterocycles. The van der Waals surface area contributed by atoms with E-state index < -0.39 is 17.9 Å². The van der Waals surface area contributed by atoms with E-state index in [-0.39, 0.29) is 23.1 Å². The zero-order chi connectivity index (χ0) is 25.6. The average molecular weight is 470 g/mol. The highest BCUT2D eigenvalue weighted by Gasteiger charge is 2.32. The highest BCUT2D eigenvalue weighted by Crippen LogP contribution is 2.35. The van der Waals surface area contributed by atoms with E-state index in [9.17, 15) is 14.4 Å². The third-order valence-electron chi connectivity index (χ3n) is 5.32. The minimum absolute atomic E-state index is 0.0739. The van der Waals surface area contributed by atoms with E-state index >= 15 is 0 Å². The maximum atomic E-state index is 12.3. The molecule has 0 saturated carbocycles. The van der Waals surface area contributed by atoms with Gasteiger partial charge in [0.25, 0.3) is 17.7 Å². The van der Waals surface area contributed by atoms with Gasteiger partial charge >= 0.3 is 0 Å². The van der Waals surface area contributed by atoms with Crippen LogP contribution in [0.4, 0.5) is 0 Å². The summed E-state index contributed by atoms with van der Waals surface area (Å²) in [6.07, 6.45) is 5.33. The van der Waals surface area contributed by atoms with Crippen molar-refractivity contribution in [2.45, 2.75) is 39.2 Å². The summed E-state index contributed by atoms with van der Waals surface area (Å²) in [5, 5.41) is 15.6. The molecule has 2 aromatic rings. The topological polar surface area (TPSA) is 140 Å². The lowest BCUT2D eigenvalue weighted by molar-refractivity contribution is -0.133. The van der Waals surface area contributed by atoms with Crippen LogP contribution in [0.3, 0.4) is 0 Å². The number of aromatic nitrogens is 2. The fourth-order valence-electron chi connectivity index (χ4n) is 3.58. The standard InChI is InChI=1S/C17H16N4O3.C5H9NO2.C2H6/c1-4-10-5-6-12-11(7-10)21-15(9(2)8-24-12)13(17(23)19-3)14(20-21)16(18)22;1-6-3-2-4(7)5(6)8;1-2/h1,5-7,9H,8H2,2-3H3,(H2,18,22)(H,19,23);4,7H,2-3H2,1H3;1-2H3. The quantitative estimate of drug-likeness (QED) is 0.562.